The molecule has 2 aliphatic rings. The maximum Gasteiger partial charge on any atom is 0.301 e. The van der Waals surface area contributed by atoms with E-state index in [0.29, 0.717) is 34.6 Å². The number of anilines is 3. The summed E-state index contributed by atoms with van der Waals surface area (Å²) in [6.07, 6.45) is 3.17. The minimum Gasteiger partial charge on any atom is -0.352 e. The summed E-state index contributed by atoms with van der Waals surface area (Å²) in [5, 5.41) is 3.23. The molecule has 2 fully saturated rings. The van der Waals surface area contributed by atoms with E-state index >= 15 is 0 Å². The van der Waals surface area contributed by atoms with Crippen molar-refractivity contribution < 1.29 is 12.8 Å². The van der Waals surface area contributed by atoms with Gasteiger partial charge in [-0.15, -0.1) is 0 Å². The molecule has 168 valence electrons. The van der Waals surface area contributed by atoms with E-state index in [4.69, 9.17) is 11.6 Å². The van der Waals surface area contributed by atoms with Crippen molar-refractivity contribution in [1.82, 2.24) is 13.9 Å². The number of rotatable bonds is 5. The molecular weight excluding hydrogens is 457 g/mol. The van der Waals surface area contributed by atoms with Crippen LogP contribution in [-0.4, -0.2) is 34.9 Å². The molecule has 0 spiro atoms. The van der Waals surface area contributed by atoms with Crippen molar-refractivity contribution in [2.75, 3.05) is 16.6 Å². The number of hydrogen-bond donors (Lipinski definition) is 2. The van der Waals surface area contributed by atoms with Crippen LogP contribution < -0.4 is 15.6 Å². The van der Waals surface area contributed by atoms with Gasteiger partial charge in [-0.05, 0) is 55.5 Å². The summed E-state index contributed by atoms with van der Waals surface area (Å²) >= 11 is 6.42. The van der Waals surface area contributed by atoms with Crippen molar-refractivity contribution >= 4 is 49.8 Å². The van der Waals surface area contributed by atoms with E-state index in [9.17, 15) is 17.6 Å². The molecule has 5 rings (SSSR count). The molecule has 1 aromatic heterocycles. The summed E-state index contributed by atoms with van der Waals surface area (Å²) in [5.41, 5.74) is 1.33. The van der Waals surface area contributed by atoms with Gasteiger partial charge in [-0.3, -0.25) is 9.52 Å². The first-order valence-corrected chi connectivity index (χ1v) is 12.0. The van der Waals surface area contributed by atoms with E-state index in [-0.39, 0.29) is 28.0 Å². The van der Waals surface area contributed by atoms with Crippen LogP contribution in [0.25, 0.3) is 10.9 Å². The Balaban J connectivity index is 1.50. The predicted molar refractivity (Wildman–Crippen MR) is 122 cm³/mol. The van der Waals surface area contributed by atoms with Gasteiger partial charge in [0.1, 0.15) is 5.82 Å². The van der Waals surface area contributed by atoms with Gasteiger partial charge in [0.15, 0.2) is 0 Å². The Morgan fingerprint density at radius 3 is 2.66 bits per heavy atom. The molecule has 1 aliphatic heterocycles. The minimum absolute atomic E-state index is 0.0424. The van der Waals surface area contributed by atoms with Crippen LogP contribution in [0.1, 0.15) is 18.4 Å². The first-order chi connectivity index (χ1) is 15.2. The third kappa shape index (κ3) is 3.42. The minimum atomic E-state index is -3.80. The second-order valence-corrected chi connectivity index (χ2v) is 10.3. The summed E-state index contributed by atoms with van der Waals surface area (Å²) in [6, 6.07) is 5.82. The number of piperidine rings is 1. The van der Waals surface area contributed by atoms with Gasteiger partial charge in [0.05, 0.1) is 33.6 Å². The molecule has 8 nitrogen and oxygen atoms in total. The van der Waals surface area contributed by atoms with Crippen LogP contribution in [0.3, 0.4) is 0 Å². The molecule has 2 unspecified atom stereocenters. The SMILES string of the molecule is Cc1c(Nc2c(F)ccc(NS(=O)(=O)N3CCC4CC43)c2Cl)ccc2ncn(C)c(=O)c12. The van der Waals surface area contributed by atoms with Crippen molar-refractivity contribution in [3.63, 3.8) is 0 Å². The molecule has 0 bridgehead atoms. The number of fused-ring (bicyclic) bond motifs is 2. The molecule has 3 aromatic rings. The van der Waals surface area contributed by atoms with Crippen molar-refractivity contribution in [2.24, 2.45) is 13.0 Å². The van der Waals surface area contributed by atoms with Gasteiger partial charge >= 0.3 is 10.2 Å². The fourth-order valence-corrected chi connectivity index (χ4v) is 6.15. The van der Waals surface area contributed by atoms with E-state index in [0.717, 1.165) is 18.9 Å². The number of hydrogen-bond acceptors (Lipinski definition) is 5. The van der Waals surface area contributed by atoms with Crippen LogP contribution >= 0.6 is 11.6 Å². The predicted octanol–water partition coefficient (Wildman–Crippen LogP) is 3.53. The first-order valence-electron chi connectivity index (χ1n) is 10.2. The van der Waals surface area contributed by atoms with E-state index in [1.807, 2.05) is 0 Å². The second-order valence-electron chi connectivity index (χ2n) is 8.27. The molecule has 2 aromatic carbocycles. The van der Waals surface area contributed by atoms with Crippen LogP contribution in [0.5, 0.6) is 0 Å². The molecule has 1 aliphatic carbocycles. The normalized spacial score (nSPS) is 20.4. The number of halogens is 2. The highest BCUT2D eigenvalue weighted by atomic mass is 35.5. The average Bonchev–Trinajstić information content (AvgIpc) is 3.39. The van der Waals surface area contributed by atoms with Crippen molar-refractivity contribution in [3.8, 4) is 0 Å². The monoisotopic (exact) mass is 477 g/mol. The zero-order valence-electron chi connectivity index (χ0n) is 17.4. The molecule has 2 heterocycles. The lowest BCUT2D eigenvalue weighted by atomic mass is 10.1. The Labute approximate surface area is 189 Å². The highest BCUT2D eigenvalue weighted by molar-refractivity contribution is 7.90. The Kier molecular flexibility index (Phi) is 4.92. The summed E-state index contributed by atoms with van der Waals surface area (Å²) in [5.74, 6) is -0.217. The van der Waals surface area contributed by atoms with Crippen LogP contribution in [0.2, 0.25) is 5.02 Å². The van der Waals surface area contributed by atoms with Crippen LogP contribution in [0.15, 0.2) is 35.4 Å². The second kappa shape index (κ2) is 7.43. The number of aromatic nitrogens is 2. The van der Waals surface area contributed by atoms with E-state index in [2.05, 4.69) is 15.0 Å². The van der Waals surface area contributed by atoms with Gasteiger partial charge in [0.2, 0.25) is 0 Å². The highest BCUT2D eigenvalue weighted by Gasteiger charge is 2.51. The van der Waals surface area contributed by atoms with Gasteiger partial charge in [0.25, 0.3) is 5.56 Å². The Hall–Kier alpha value is -2.69. The summed E-state index contributed by atoms with van der Waals surface area (Å²) < 4.78 is 45.6. The lowest BCUT2D eigenvalue weighted by Gasteiger charge is -2.21. The van der Waals surface area contributed by atoms with Crippen molar-refractivity contribution in [3.05, 3.63) is 57.3 Å². The quantitative estimate of drug-likeness (QED) is 0.586. The molecule has 32 heavy (non-hydrogen) atoms. The van der Waals surface area contributed by atoms with Gasteiger partial charge in [0, 0.05) is 25.3 Å². The molecule has 0 amide bonds. The van der Waals surface area contributed by atoms with E-state index in [1.165, 1.54) is 21.3 Å². The summed E-state index contributed by atoms with van der Waals surface area (Å²) in [7, 11) is -2.19. The van der Waals surface area contributed by atoms with Crippen LogP contribution in [-0.2, 0) is 17.3 Å². The molecule has 2 atom stereocenters. The maximum atomic E-state index is 14.7. The standard InChI is InChI=1S/C21H21ClFN5O3S/c1-11-14(5-6-15-18(11)21(29)27(2)10-24-15)25-20-13(23)3-4-16(19(20)22)26-32(30,31)28-8-7-12-9-17(12)28/h3-6,10,12,17,25-26H,7-9H2,1-2H3. The topological polar surface area (TPSA) is 96.3 Å². The molecule has 11 heteroatoms. The smallest absolute Gasteiger partial charge is 0.301 e. The zero-order valence-corrected chi connectivity index (χ0v) is 19.0. The van der Waals surface area contributed by atoms with E-state index in [1.54, 1.807) is 26.1 Å². The average molecular weight is 478 g/mol. The van der Waals surface area contributed by atoms with Crippen LogP contribution in [0, 0.1) is 18.7 Å². The summed E-state index contributed by atoms with van der Waals surface area (Å²) in [4.78, 5) is 16.8. The largest absolute Gasteiger partial charge is 0.352 e. The number of nitrogens with zero attached hydrogens (tertiary/aromatic N) is 3. The molecule has 1 saturated carbocycles. The Morgan fingerprint density at radius 1 is 1.22 bits per heavy atom. The number of aryl methyl sites for hydroxylation is 2. The van der Waals surface area contributed by atoms with Gasteiger partial charge in [-0.25, -0.2) is 9.37 Å². The van der Waals surface area contributed by atoms with Crippen molar-refractivity contribution in [2.45, 2.75) is 25.8 Å². The fraction of sp³-hybridized carbons (Fsp3) is 0.333. The molecule has 2 N–H and O–H groups in total. The molecule has 0 radical (unpaired) electrons. The fourth-order valence-electron chi connectivity index (χ4n) is 4.32. The van der Waals surface area contributed by atoms with Gasteiger partial charge in [-0.1, -0.05) is 11.6 Å². The first kappa shape index (κ1) is 21.2. The molecular formula is C21H21ClFN5O3S. The Bertz CT molecular complexity index is 1430. The van der Waals surface area contributed by atoms with Crippen molar-refractivity contribution in [1.29, 1.82) is 0 Å². The molecule has 1 saturated heterocycles. The highest BCUT2D eigenvalue weighted by Crippen LogP contribution is 2.46. The van der Waals surface area contributed by atoms with Crippen LogP contribution in [0.4, 0.5) is 21.5 Å². The number of nitrogens with one attached hydrogen (secondary N) is 2. The lowest BCUT2D eigenvalue weighted by molar-refractivity contribution is 0.447. The number of benzene rings is 2. The summed E-state index contributed by atoms with van der Waals surface area (Å²) in [6.45, 7) is 2.19. The maximum absolute atomic E-state index is 14.7. The zero-order chi connectivity index (χ0) is 22.8. The van der Waals surface area contributed by atoms with Gasteiger partial charge < -0.3 is 9.88 Å². The Morgan fingerprint density at radius 2 is 1.97 bits per heavy atom. The van der Waals surface area contributed by atoms with Gasteiger partial charge in [-0.2, -0.15) is 12.7 Å². The third-order valence-corrected chi connectivity index (χ3v) is 8.16. The lowest BCUT2D eigenvalue weighted by Crippen LogP contribution is -2.35. The van der Waals surface area contributed by atoms with E-state index < -0.39 is 16.0 Å². The third-order valence-electron chi connectivity index (χ3n) is 6.22.